The van der Waals surface area contributed by atoms with Gasteiger partial charge < -0.3 is 16.0 Å². The van der Waals surface area contributed by atoms with Crippen LogP contribution in [0.3, 0.4) is 0 Å². The van der Waals surface area contributed by atoms with Gasteiger partial charge in [0, 0.05) is 18.3 Å². The molecule has 1 fully saturated rings. The highest BCUT2D eigenvalue weighted by Crippen LogP contribution is 2.17. The third kappa shape index (κ3) is 2.97. The van der Waals surface area contributed by atoms with E-state index in [1.807, 2.05) is 0 Å². The van der Waals surface area contributed by atoms with Gasteiger partial charge in [-0.25, -0.2) is 0 Å². The molecule has 1 aliphatic rings. The molecule has 0 aromatic heterocycles. The summed E-state index contributed by atoms with van der Waals surface area (Å²) in [7, 11) is 0. The first-order valence-electron chi connectivity index (χ1n) is 6.00. The van der Waals surface area contributed by atoms with E-state index in [1.54, 1.807) is 0 Å². The Labute approximate surface area is 102 Å². The summed E-state index contributed by atoms with van der Waals surface area (Å²) in [6, 6.07) is 8.43. The highest BCUT2D eigenvalue weighted by molar-refractivity contribution is 5.83. The predicted octanol–water partition coefficient (Wildman–Crippen LogP) is 0.649. The summed E-state index contributed by atoms with van der Waals surface area (Å²) in [5.74, 6) is 0.0790. The number of rotatable bonds is 3. The Morgan fingerprint density at radius 1 is 1.41 bits per heavy atom. The van der Waals surface area contributed by atoms with E-state index >= 15 is 0 Å². The smallest absolute Gasteiger partial charge is 0.239 e. The van der Waals surface area contributed by atoms with Gasteiger partial charge in [-0.1, -0.05) is 17.7 Å². The maximum Gasteiger partial charge on any atom is 0.239 e. The molecule has 1 amide bonds. The van der Waals surface area contributed by atoms with E-state index in [9.17, 15) is 4.79 Å². The second kappa shape index (κ2) is 5.19. The van der Waals surface area contributed by atoms with Gasteiger partial charge in [-0.2, -0.15) is 0 Å². The zero-order valence-corrected chi connectivity index (χ0v) is 10.1. The summed E-state index contributed by atoms with van der Waals surface area (Å²) < 4.78 is 0. The Morgan fingerprint density at radius 2 is 2.12 bits per heavy atom. The van der Waals surface area contributed by atoms with Gasteiger partial charge >= 0.3 is 0 Å². The third-order valence-corrected chi connectivity index (χ3v) is 3.05. The van der Waals surface area contributed by atoms with Gasteiger partial charge in [0.15, 0.2) is 0 Å². The lowest BCUT2D eigenvalue weighted by Gasteiger charge is -2.34. The first kappa shape index (κ1) is 11.9. The van der Waals surface area contributed by atoms with Crippen LogP contribution in [0.25, 0.3) is 0 Å². The molecule has 1 aliphatic heterocycles. The fourth-order valence-corrected chi connectivity index (χ4v) is 2.14. The maximum absolute atomic E-state index is 11.6. The van der Waals surface area contributed by atoms with Crippen LogP contribution in [0.1, 0.15) is 12.0 Å². The van der Waals surface area contributed by atoms with E-state index < -0.39 is 0 Å². The summed E-state index contributed by atoms with van der Waals surface area (Å²) in [5, 5.41) is 2.97. The van der Waals surface area contributed by atoms with Crippen LogP contribution < -0.4 is 16.0 Å². The third-order valence-electron chi connectivity index (χ3n) is 3.05. The molecule has 2 rings (SSSR count). The van der Waals surface area contributed by atoms with E-state index in [1.165, 1.54) is 5.56 Å². The molecule has 0 spiro atoms. The van der Waals surface area contributed by atoms with Crippen molar-refractivity contribution in [3.8, 4) is 0 Å². The topological polar surface area (TPSA) is 58.4 Å². The minimum absolute atomic E-state index is 0.0790. The van der Waals surface area contributed by atoms with Crippen molar-refractivity contribution in [2.24, 2.45) is 5.73 Å². The molecule has 4 heteroatoms. The van der Waals surface area contributed by atoms with Crippen molar-refractivity contribution in [2.75, 3.05) is 24.5 Å². The van der Waals surface area contributed by atoms with Gasteiger partial charge in [0.1, 0.15) is 0 Å². The van der Waals surface area contributed by atoms with E-state index in [0.29, 0.717) is 13.1 Å². The van der Waals surface area contributed by atoms with E-state index in [2.05, 4.69) is 41.4 Å². The van der Waals surface area contributed by atoms with Gasteiger partial charge in [-0.3, -0.25) is 4.79 Å². The molecule has 1 atom stereocenters. The highest BCUT2D eigenvalue weighted by atomic mass is 16.2. The number of nitrogens with zero attached hydrogens (tertiary/aromatic N) is 1. The van der Waals surface area contributed by atoms with Crippen LogP contribution in [0.5, 0.6) is 0 Å². The van der Waals surface area contributed by atoms with E-state index in [0.717, 1.165) is 18.7 Å². The van der Waals surface area contributed by atoms with Crippen LogP contribution in [0.4, 0.5) is 5.69 Å². The number of piperazine rings is 1. The fourth-order valence-electron chi connectivity index (χ4n) is 2.14. The number of carbonyl (C=O) groups is 1. The molecular weight excluding hydrogens is 214 g/mol. The maximum atomic E-state index is 11.6. The molecule has 0 bridgehead atoms. The second-order valence-electron chi connectivity index (χ2n) is 4.56. The first-order valence-corrected chi connectivity index (χ1v) is 6.00. The summed E-state index contributed by atoms with van der Waals surface area (Å²) in [5.41, 5.74) is 7.87. The van der Waals surface area contributed by atoms with Gasteiger partial charge in [0.05, 0.1) is 6.54 Å². The molecule has 17 heavy (non-hydrogen) atoms. The molecule has 1 unspecified atom stereocenters. The minimum Gasteiger partial charge on any atom is -0.360 e. The van der Waals surface area contributed by atoms with Crippen LogP contribution in [-0.4, -0.2) is 31.6 Å². The molecule has 0 aliphatic carbocycles. The molecule has 4 nitrogen and oxygen atoms in total. The fraction of sp³-hybridized carbons (Fsp3) is 0.462. The van der Waals surface area contributed by atoms with Gasteiger partial charge in [0.25, 0.3) is 0 Å². The number of nitrogens with one attached hydrogen (secondary N) is 1. The monoisotopic (exact) mass is 233 g/mol. The zero-order chi connectivity index (χ0) is 12.3. The Balaban J connectivity index is 2.09. The Hall–Kier alpha value is -1.55. The molecule has 3 N–H and O–H groups in total. The van der Waals surface area contributed by atoms with E-state index in [4.69, 9.17) is 5.73 Å². The Morgan fingerprint density at radius 3 is 2.76 bits per heavy atom. The van der Waals surface area contributed by atoms with Crippen molar-refractivity contribution in [1.29, 1.82) is 0 Å². The normalized spacial score (nSPS) is 20.2. The summed E-state index contributed by atoms with van der Waals surface area (Å²) in [6.45, 7) is 3.94. The average Bonchev–Trinajstić information content (AvgIpc) is 2.29. The van der Waals surface area contributed by atoms with E-state index in [-0.39, 0.29) is 11.9 Å². The van der Waals surface area contributed by atoms with Crippen LogP contribution in [0, 0.1) is 6.92 Å². The SMILES string of the molecule is Cc1ccc(N2CC(=O)NC(CCN)C2)cc1. The molecule has 0 radical (unpaired) electrons. The number of amides is 1. The van der Waals surface area contributed by atoms with Crippen LogP contribution in [0.2, 0.25) is 0 Å². The van der Waals surface area contributed by atoms with Crippen LogP contribution >= 0.6 is 0 Å². The van der Waals surface area contributed by atoms with Crippen molar-refractivity contribution < 1.29 is 4.79 Å². The lowest BCUT2D eigenvalue weighted by Crippen LogP contribution is -2.54. The number of carbonyl (C=O) groups excluding carboxylic acids is 1. The number of nitrogens with two attached hydrogens (primary N) is 1. The molecule has 92 valence electrons. The average molecular weight is 233 g/mol. The number of hydrogen-bond donors (Lipinski definition) is 2. The lowest BCUT2D eigenvalue weighted by atomic mass is 10.1. The number of hydrogen-bond acceptors (Lipinski definition) is 3. The minimum atomic E-state index is 0.0790. The predicted molar refractivity (Wildman–Crippen MR) is 69.0 cm³/mol. The summed E-state index contributed by atoms with van der Waals surface area (Å²) in [4.78, 5) is 13.7. The van der Waals surface area contributed by atoms with Crippen molar-refractivity contribution in [1.82, 2.24) is 5.32 Å². The Bertz CT molecular complexity index is 388. The van der Waals surface area contributed by atoms with Crippen molar-refractivity contribution in [2.45, 2.75) is 19.4 Å². The Kier molecular flexibility index (Phi) is 3.64. The van der Waals surface area contributed by atoms with Crippen molar-refractivity contribution in [3.63, 3.8) is 0 Å². The largest absolute Gasteiger partial charge is 0.360 e. The van der Waals surface area contributed by atoms with Crippen molar-refractivity contribution >= 4 is 11.6 Å². The summed E-state index contributed by atoms with van der Waals surface area (Å²) in [6.07, 6.45) is 0.827. The quantitative estimate of drug-likeness (QED) is 0.806. The standard InChI is InChI=1S/C13H19N3O/c1-10-2-4-12(5-3-10)16-8-11(6-7-14)15-13(17)9-16/h2-5,11H,6-9,14H2,1H3,(H,15,17). The lowest BCUT2D eigenvalue weighted by molar-refractivity contribution is -0.121. The van der Waals surface area contributed by atoms with Crippen LogP contribution in [0.15, 0.2) is 24.3 Å². The molecule has 1 aromatic rings. The first-order chi connectivity index (χ1) is 8.19. The van der Waals surface area contributed by atoms with Gasteiger partial charge in [0.2, 0.25) is 5.91 Å². The molecular formula is C13H19N3O. The van der Waals surface area contributed by atoms with Crippen molar-refractivity contribution in [3.05, 3.63) is 29.8 Å². The molecule has 1 heterocycles. The van der Waals surface area contributed by atoms with Crippen LogP contribution in [-0.2, 0) is 4.79 Å². The number of anilines is 1. The summed E-state index contributed by atoms with van der Waals surface area (Å²) >= 11 is 0. The van der Waals surface area contributed by atoms with Gasteiger partial charge in [-0.15, -0.1) is 0 Å². The molecule has 0 saturated carbocycles. The second-order valence-corrected chi connectivity index (χ2v) is 4.56. The van der Waals surface area contributed by atoms with Gasteiger partial charge in [-0.05, 0) is 32.0 Å². The zero-order valence-electron chi connectivity index (χ0n) is 10.1. The number of benzene rings is 1. The highest BCUT2D eigenvalue weighted by Gasteiger charge is 2.23. The molecule has 1 saturated heterocycles. The molecule has 1 aromatic carbocycles. The number of aryl methyl sites for hydroxylation is 1.